The van der Waals surface area contributed by atoms with Gasteiger partial charge in [-0.05, 0) is 11.9 Å². The predicted octanol–water partition coefficient (Wildman–Crippen LogP) is 0.0604. The summed E-state index contributed by atoms with van der Waals surface area (Å²) in [5, 5.41) is 0. The van der Waals surface area contributed by atoms with Gasteiger partial charge in [0.25, 0.3) is 0 Å². The van der Waals surface area contributed by atoms with E-state index in [2.05, 4.69) is 11.0 Å². The van der Waals surface area contributed by atoms with Crippen molar-refractivity contribution in [2.45, 2.75) is 0 Å². The van der Waals surface area contributed by atoms with Crippen molar-refractivity contribution in [3.63, 3.8) is 0 Å². The summed E-state index contributed by atoms with van der Waals surface area (Å²) in [4.78, 5) is 0. The van der Waals surface area contributed by atoms with Crippen LogP contribution in [0.4, 0.5) is 0 Å². The van der Waals surface area contributed by atoms with Crippen molar-refractivity contribution < 1.29 is 0 Å². The fourth-order valence-corrected chi connectivity index (χ4v) is 0.676. The highest BCUT2D eigenvalue weighted by molar-refractivity contribution is 7.96. The van der Waals surface area contributed by atoms with Gasteiger partial charge < -0.3 is 5.43 Å². The third-order valence-electron chi connectivity index (χ3n) is 0.665. The first-order valence-corrected chi connectivity index (χ1v) is 3.13. The smallest absolute Gasteiger partial charge is 0.0476 e. The van der Waals surface area contributed by atoms with Crippen LogP contribution in [0, 0.1) is 0 Å². The van der Waals surface area contributed by atoms with Gasteiger partial charge in [0.15, 0.2) is 0 Å². The molecular weight excluding hydrogens is 110 g/mol. The highest BCUT2D eigenvalue weighted by atomic mass is 32.2. The van der Waals surface area contributed by atoms with Gasteiger partial charge in [-0.1, -0.05) is 0 Å². The lowest BCUT2D eigenvalue weighted by molar-refractivity contribution is 0.451. The van der Waals surface area contributed by atoms with Crippen LogP contribution < -0.4 is 11.0 Å². The van der Waals surface area contributed by atoms with Crippen LogP contribution in [0.3, 0.4) is 0 Å². The maximum Gasteiger partial charge on any atom is 0.0476 e. The fourth-order valence-electron chi connectivity index (χ4n) is 0.350. The van der Waals surface area contributed by atoms with E-state index in [4.69, 9.17) is 0 Å². The van der Waals surface area contributed by atoms with E-state index in [-0.39, 0.29) is 0 Å². The molecule has 0 spiro atoms. The monoisotopic (exact) mass is 117 g/mol. The van der Waals surface area contributed by atoms with Crippen molar-refractivity contribution in [2.75, 3.05) is 6.26 Å². The molecule has 0 aromatic rings. The quantitative estimate of drug-likeness (QED) is 0.475. The van der Waals surface area contributed by atoms with Crippen LogP contribution in [0.5, 0.6) is 0 Å². The lowest BCUT2D eigenvalue weighted by atomic mass is 11.0. The number of rotatable bonds is 1. The van der Waals surface area contributed by atoms with Gasteiger partial charge in [0, 0.05) is 18.7 Å². The molecule has 0 aromatic carbocycles. The van der Waals surface area contributed by atoms with Gasteiger partial charge in [-0.2, -0.15) is 0 Å². The maximum absolute atomic E-state index is 2.84. The van der Waals surface area contributed by atoms with Gasteiger partial charge in [0.05, 0.1) is 0 Å². The summed E-state index contributed by atoms with van der Waals surface area (Å²) in [6.07, 6.45) is 5.73. The highest BCUT2D eigenvalue weighted by Crippen LogP contribution is 2.01. The van der Waals surface area contributed by atoms with Crippen LogP contribution in [0.15, 0.2) is 12.4 Å². The van der Waals surface area contributed by atoms with Crippen LogP contribution in [0.2, 0.25) is 0 Å². The molecule has 4 heteroatoms. The third kappa shape index (κ3) is 1.01. The molecule has 7 heavy (non-hydrogen) atoms. The summed E-state index contributed by atoms with van der Waals surface area (Å²) < 4.78 is 1.86. The molecule has 0 saturated carbocycles. The van der Waals surface area contributed by atoms with Gasteiger partial charge in [-0.25, -0.2) is 4.41 Å². The van der Waals surface area contributed by atoms with Gasteiger partial charge in [0.1, 0.15) is 0 Å². The zero-order valence-corrected chi connectivity index (χ0v) is 4.83. The molecule has 0 atom stereocenters. The largest absolute Gasteiger partial charge is 0.309 e. The van der Waals surface area contributed by atoms with Gasteiger partial charge in [0.2, 0.25) is 0 Å². The molecule has 1 rings (SSSR count). The molecule has 0 aliphatic carbocycles. The second-order valence-corrected chi connectivity index (χ2v) is 1.84. The Labute approximate surface area is 46.8 Å². The van der Waals surface area contributed by atoms with Crippen LogP contribution in [-0.4, -0.2) is 10.7 Å². The van der Waals surface area contributed by atoms with E-state index in [0.29, 0.717) is 0 Å². The Kier molecular flexibility index (Phi) is 1.43. The van der Waals surface area contributed by atoms with E-state index in [9.17, 15) is 0 Å². The molecule has 1 aliphatic rings. The minimum Gasteiger partial charge on any atom is -0.309 e. The number of nitrogens with one attached hydrogen (secondary N) is 2. The Morgan fingerprint density at radius 3 is 2.86 bits per heavy atom. The first-order chi connectivity index (χ1) is 3.43. The standard InChI is InChI=1S/C3H7N3S/c1-7-6-3-2-4-5-6/h2-5H,1H3. The predicted molar refractivity (Wildman–Crippen MR) is 30.8 cm³/mol. The van der Waals surface area contributed by atoms with Gasteiger partial charge in [-0.15, -0.1) is 5.53 Å². The normalized spacial score (nSPS) is 17.6. The van der Waals surface area contributed by atoms with Gasteiger partial charge >= 0.3 is 0 Å². The topological polar surface area (TPSA) is 27.3 Å². The summed E-state index contributed by atoms with van der Waals surface area (Å²) >= 11 is 1.61. The first-order valence-electron chi connectivity index (χ1n) is 1.94. The Balaban J connectivity index is 2.28. The molecule has 1 aliphatic heterocycles. The van der Waals surface area contributed by atoms with E-state index in [1.54, 1.807) is 11.9 Å². The summed E-state index contributed by atoms with van der Waals surface area (Å²) in [5.74, 6) is 0. The molecule has 1 heterocycles. The fraction of sp³-hybridized carbons (Fsp3) is 0.333. The second kappa shape index (κ2) is 2.09. The number of hydrogen-bond donors (Lipinski definition) is 2. The molecule has 0 radical (unpaired) electrons. The summed E-state index contributed by atoms with van der Waals surface area (Å²) in [6, 6.07) is 0. The molecule has 0 amide bonds. The van der Waals surface area contributed by atoms with Crippen molar-refractivity contribution >= 4 is 11.9 Å². The Hall–Kier alpha value is -0.350. The number of hydrogen-bond acceptors (Lipinski definition) is 4. The molecular formula is C3H7N3S. The third-order valence-corrected chi connectivity index (χ3v) is 1.27. The van der Waals surface area contributed by atoms with Crippen LogP contribution in [0.1, 0.15) is 0 Å². The Morgan fingerprint density at radius 1 is 1.71 bits per heavy atom. The minimum atomic E-state index is 1.61. The highest BCUT2D eigenvalue weighted by Gasteiger charge is 1.95. The lowest BCUT2D eigenvalue weighted by Gasteiger charge is -2.08. The van der Waals surface area contributed by atoms with Crippen molar-refractivity contribution in [1.29, 1.82) is 0 Å². The van der Waals surface area contributed by atoms with E-state index < -0.39 is 0 Å². The molecule has 40 valence electrons. The van der Waals surface area contributed by atoms with Crippen molar-refractivity contribution in [1.82, 2.24) is 15.4 Å². The van der Waals surface area contributed by atoms with E-state index in [0.717, 1.165) is 0 Å². The Morgan fingerprint density at radius 2 is 2.57 bits per heavy atom. The van der Waals surface area contributed by atoms with E-state index in [1.165, 1.54) is 0 Å². The lowest BCUT2D eigenvalue weighted by Crippen LogP contribution is -2.29. The molecule has 3 nitrogen and oxygen atoms in total. The van der Waals surface area contributed by atoms with Gasteiger partial charge in [-0.3, -0.25) is 0 Å². The molecule has 0 fully saturated rings. The van der Waals surface area contributed by atoms with Crippen molar-refractivity contribution in [3.8, 4) is 0 Å². The SMILES string of the molecule is CSN1C=CNN1. The van der Waals surface area contributed by atoms with E-state index in [1.807, 2.05) is 23.1 Å². The number of hydrazine groups is 2. The zero-order chi connectivity index (χ0) is 5.11. The molecule has 0 aromatic heterocycles. The molecule has 0 saturated heterocycles. The van der Waals surface area contributed by atoms with Crippen molar-refractivity contribution in [2.24, 2.45) is 0 Å². The molecule has 0 unspecified atom stereocenters. The van der Waals surface area contributed by atoms with Crippen LogP contribution in [-0.2, 0) is 0 Å². The van der Waals surface area contributed by atoms with Crippen molar-refractivity contribution in [3.05, 3.63) is 12.4 Å². The van der Waals surface area contributed by atoms with E-state index >= 15 is 0 Å². The summed E-state index contributed by atoms with van der Waals surface area (Å²) in [5.41, 5.74) is 5.64. The second-order valence-electron chi connectivity index (χ2n) is 1.08. The minimum absolute atomic E-state index is 1.61. The van der Waals surface area contributed by atoms with Crippen LogP contribution in [0.25, 0.3) is 0 Å². The zero-order valence-electron chi connectivity index (χ0n) is 4.01. The molecule has 2 N–H and O–H groups in total. The summed E-state index contributed by atoms with van der Waals surface area (Å²) in [6.45, 7) is 0. The first kappa shape index (κ1) is 4.80. The maximum atomic E-state index is 2.84. The summed E-state index contributed by atoms with van der Waals surface area (Å²) in [7, 11) is 0. The molecule has 0 bridgehead atoms. The number of nitrogens with zero attached hydrogens (tertiary/aromatic N) is 1. The van der Waals surface area contributed by atoms with Crippen LogP contribution >= 0.6 is 11.9 Å². The average Bonchev–Trinajstić information content (AvgIpc) is 2.14. The average molecular weight is 117 g/mol. The Bertz CT molecular complexity index is 82.2.